The number of carboxylic acid groups (broad SMARTS) is 1. The summed E-state index contributed by atoms with van der Waals surface area (Å²) in [5, 5.41) is 10.9. The Labute approximate surface area is 125 Å². The number of piperidine rings is 1. The molecule has 22 heavy (non-hydrogen) atoms. The lowest BCUT2D eigenvalue weighted by atomic mass is 10.0. The maximum absolute atomic E-state index is 12.7. The van der Waals surface area contributed by atoms with E-state index in [4.69, 9.17) is 0 Å². The molecule has 0 N–H and O–H groups in total. The van der Waals surface area contributed by atoms with Gasteiger partial charge >= 0.3 is 6.18 Å². The van der Waals surface area contributed by atoms with Crippen molar-refractivity contribution in [1.82, 2.24) is 4.31 Å². The molecular weight excluding hydrogens is 323 g/mol. The fourth-order valence-electron chi connectivity index (χ4n) is 2.34. The lowest BCUT2D eigenvalue weighted by Crippen LogP contribution is -2.46. The molecule has 1 aromatic rings. The number of carbonyl (C=O) groups excluding carboxylic acids is 1. The molecule has 2 rings (SSSR count). The minimum absolute atomic E-state index is 0.0718. The number of halogens is 3. The Hall–Kier alpha value is -1.61. The molecule has 1 aliphatic rings. The van der Waals surface area contributed by atoms with Crippen LogP contribution < -0.4 is 5.11 Å². The van der Waals surface area contributed by atoms with Crippen LogP contribution in [0.25, 0.3) is 0 Å². The van der Waals surface area contributed by atoms with Crippen LogP contribution in [0.15, 0.2) is 29.2 Å². The number of alkyl halides is 3. The normalized spacial score (nSPS) is 20.8. The molecule has 1 aliphatic heterocycles. The van der Waals surface area contributed by atoms with E-state index in [9.17, 15) is 31.5 Å². The second-order valence-electron chi connectivity index (χ2n) is 5.05. The first-order valence-corrected chi connectivity index (χ1v) is 7.94. The van der Waals surface area contributed by atoms with Crippen LogP contribution >= 0.6 is 0 Å². The van der Waals surface area contributed by atoms with E-state index in [1.54, 1.807) is 0 Å². The molecule has 122 valence electrons. The van der Waals surface area contributed by atoms with Gasteiger partial charge in [-0.3, -0.25) is 0 Å². The number of aliphatic carboxylic acids is 1. The first kappa shape index (κ1) is 16.8. The van der Waals surface area contributed by atoms with E-state index in [2.05, 4.69) is 0 Å². The quantitative estimate of drug-likeness (QED) is 0.820. The molecule has 1 fully saturated rings. The average Bonchev–Trinajstić information content (AvgIpc) is 2.46. The maximum atomic E-state index is 12.7. The molecule has 1 heterocycles. The molecule has 1 aromatic carbocycles. The number of benzene rings is 1. The number of nitrogens with zero attached hydrogens (tertiary/aromatic N) is 1. The topological polar surface area (TPSA) is 77.5 Å². The number of hydrogen-bond donors (Lipinski definition) is 0. The van der Waals surface area contributed by atoms with Crippen molar-refractivity contribution in [1.29, 1.82) is 0 Å². The van der Waals surface area contributed by atoms with Crippen molar-refractivity contribution in [3.05, 3.63) is 29.8 Å². The molecule has 1 saturated heterocycles. The summed E-state index contributed by atoms with van der Waals surface area (Å²) in [6.45, 7) is -0.219. The second-order valence-corrected chi connectivity index (χ2v) is 6.98. The second kappa shape index (κ2) is 5.88. The maximum Gasteiger partial charge on any atom is 0.416 e. The Balaban J connectivity index is 2.32. The van der Waals surface area contributed by atoms with Crippen LogP contribution in [0.4, 0.5) is 13.2 Å². The number of hydrogen-bond acceptors (Lipinski definition) is 4. The largest absolute Gasteiger partial charge is 0.550 e. The van der Waals surface area contributed by atoms with Gasteiger partial charge in [-0.25, -0.2) is 8.42 Å². The Morgan fingerprint density at radius 1 is 1.32 bits per heavy atom. The van der Waals surface area contributed by atoms with E-state index >= 15 is 0 Å². The summed E-state index contributed by atoms with van der Waals surface area (Å²) in [5.74, 6) is -2.31. The Morgan fingerprint density at radius 2 is 2.00 bits per heavy atom. The zero-order valence-corrected chi connectivity index (χ0v) is 12.2. The van der Waals surface area contributed by atoms with Gasteiger partial charge in [-0.05, 0) is 31.0 Å². The third kappa shape index (κ3) is 3.41. The van der Waals surface area contributed by atoms with Gasteiger partial charge in [0.25, 0.3) is 0 Å². The molecule has 0 aliphatic carbocycles. The van der Waals surface area contributed by atoms with Crippen LogP contribution in [0.5, 0.6) is 0 Å². The monoisotopic (exact) mass is 336 g/mol. The molecule has 0 unspecified atom stereocenters. The fourth-order valence-corrected chi connectivity index (χ4v) is 3.91. The molecule has 1 atom stereocenters. The molecule has 0 bridgehead atoms. The molecular formula is C13H13F3NO4S-. The van der Waals surface area contributed by atoms with Gasteiger partial charge in [0.2, 0.25) is 10.0 Å². The third-order valence-corrected chi connectivity index (χ3v) is 5.38. The van der Waals surface area contributed by atoms with Crippen LogP contribution in [0.2, 0.25) is 0 Å². The summed E-state index contributed by atoms with van der Waals surface area (Å²) in [7, 11) is -4.17. The van der Waals surface area contributed by atoms with Crippen molar-refractivity contribution in [2.24, 2.45) is 5.92 Å². The number of rotatable bonds is 3. The van der Waals surface area contributed by atoms with E-state index in [0.29, 0.717) is 12.5 Å². The number of sulfonamides is 1. The fraction of sp³-hybridized carbons (Fsp3) is 0.462. The first-order chi connectivity index (χ1) is 10.1. The van der Waals surface area contributed by atoms with E-state index < -0.39 is 38.5 Å². The van der Waals surface area contributed by atoms with E-state index in [0.717, 1.165) is 22.5 Å². The first-order valence-electron chi connectivity index (χ1n) is 6.50. The zero-order valence-electron chi connectivity index (χ0n) is 11.3. The Bertz CT molecular complexity index is 672. The Morgan fingerprint density at radius 3 is 2.59 bits per heavy atom. The van der Waals surface area contributed by atoms with Gasteiger partial charge in [0, 0.05) is 25.0 Å². The minimum Gasteiger partial charge on any atom is -0.550 e. The summed E-state index contributed by atoms with van der Waals surface area (Å²) in [5.41, 5.74) is -1.07. The van der Waals surface area contributed by atoms with Crippen LogP contribution in [0.1, 0.15) is 18.4 Å². The van der Waals surface area contributed by atoms with Gasteiger partial charge in [-0.2, -0.15) is 17.5 Å². The standard InChI is InChI=1S/C13H14F3NO4S/c14-13(15,16)10-4-1-5-11(7-10)22(20,21)17-6-2-3-9(8-17)12(18)19/h1,4-5,7,9H,2-3,6,8H2,(H,18,19)/p-1/t9-/m0/s1. The highest BCUT2D eigenvalue weighted by molar-refractivity contribution is 7.89. The van der Waals surface area contributed by atoms with Gasteiger partial charge in [0.05, 0.1) is 10.5 Å². The summed E-state index contributed by atoms with van der Waals surface area (Å²) in [4.78, 5) is 10.4. The SMILES string of the molecule is O=C([O-])[C@H]1CCCN(S(=O)(=O)c2cccc(C(F)(F)F)c2)C1. The number of carbonyl (C=O) groups is 1. The van der Waals surface area contributed by atoms with Crippen molar-refractivity contribution in [3.8, 4) is 0 Å². The number of carboxylic acids is 1. The van der Waals surface area contributed by atoms with E-state index in [1.165, 1.54) is 0 Å². The highest BCUT2D eigenvalue weighted by Crippen LogP contribution is 2.31. The van der Waals surface area contributed by atoms with E-state index in [1.807, 2.05) is 0 Å². The highest BCUT2D eigenvalue weighted by atomic mass is 32.2. The van der Waals surface area contributed by atoms with Crippen molar-refractivity contribution in [2.75, 3.05) is 13.1 Å². The summed E-state index contributed by atoms with van der Waals surface area (Å²) < 4.78 is 63.7. The molecule has 5 nitrogen and oxygen atoms in total. The lowest BCUT2D eigenvalue weighted by molar-refractivity contribution is -0.312. The molecule has 0 aromatic heterocycles. The van der Waals surface area contributed by atoms with Crippen LogP contribution in [-0.2, 0) is 21.0 Å². The van der Waals surface area contributed by atoms with Gasteiger partial charge in [-0.15, -0.1) is 0 Å². The van der Waals surface area contributed by atoms with Gasteiger partial charge in [-0.1, -0.05) is 6.07 Å². The summed E-state index contributed by atoms with van der Waals surface area (Å²) >= 11 is 0. The predicted molar refractivity (Wildman–Crippen MR) is 67.9 cm³/mol. The lowest BCUT2D eigenvalue weighted by Gasteiger charge is -2.32. The smallest absolute Gasteiger partial charge is 0.416 e. The molecule has 0 spiro atoms. The van der Waals surface area contributed by atoms with Gasteiger partial charge in [0.1, 0.15) is 0 Å². The van der Waals surface area contributed by atoms with Crippen molar-refractivity contribution in [2.45, 2.75) is 23.9 Å². The summed E-state index contributed by atoms with van der Waals surface area (Å²) in [6.07, 6.45) is -4.05. The molecule has 0 radical (unpaired) electrons. The molecule has 0 saturated carbocycles. The van der Waals surface area contributed by atoms with Gasteiger partial charge < -0.3 is 9.90 Å². The average molecular weight is 336 g/mol. The van der Waals surface area contributed by atoms with Crippen molar-refractivity contribution in [3.63, 3.8) is 0 Å². The van der Waals surface area contributed by atoms with Crippen molar-refractivity contribution >= 4 is 16.0 Å². The highest BCUT2D eigenvalue weighted by Gasteiger charge is 2.34. The summed E-state index contributed by atoms with van der Waals surface area (Å²) in [6, 6.07) is 3.40. The van der Waals surface area contributed by atoms with Gasteiger partial charge in [0.15, 0.2) is 0 Å². The molecule has 0 amide bonds. The minimum atomic E-state index is -4.65. The zero-order chi connectivity index (χ0) is 16.5. The Kier molecular flexibility index (Phi) is 4.48. The van der Waals surface area contributed by atoms with Crippen molar-refractivity contribution < 1.29 is 31.5 Å². The van der Waals surface area contributed by atoms with Crippen LogP contribution in [-0.4, -0.2) is 31.8 Å². The van der Waals surface area contributed by atoms with Crippen LogP contribution in [0.3, 0.4) is 0 Å². The van der Waals surface area contributed by atoms with Crippen LogP contribution in [0, 0.1) is 5.92 Å². The third-order valence-electron chi connectivity index (χ3n) is 3.52. The van der Waals surface area contributed by atoms with E-state index in [-0.39, 0.29) is 19.5 Å². The predicted octanol–water partition coefficient (Wildman–Crippen LogP) is 0.856. The molecule has 9 heteroatoms.